The van der Waals surface area contributed by atoms with Crippen molar-refractivity contribution in [3.63, 3.8) is 0 Å². The van der Waals surface area contributed by atoms with Gasteiger partial charge in [-0.1, -0.05) is 0 Å². The summed E-state index contributed by atoms with van der Waals surface area (Å²) in [6, 6.07) is 10.2. The second kappa shape index (κ2) is 8.19. The van der Waals surface area contributed by atoms with Gasteiger partial charge in [-0.3, -0.25) is 4.79 Å². The molecule has 1 heterocycles. The van der Waals surface area contributed by atoms with Crippen LogP contribution in [0.3, 0.4) is 0 Å². The largest absolute Gasteiger partial charge is 0.497 e. The average Bonchev–Trinajstić information content (AvgIpc) is 2.97. The Morgan fingerprint density at radius 3 is 2.57 bits per heavy atom. The van der Waals surface area contributed by atoms with Crippen molar-refractivity contribution in [2.75, 3.05) is 19.0 Å². The molecule has 0 unspecified atom stereocenters. The lowest BCUT2D eigenvalue weighted by molar-refractivity contribution is -0.142. The van der Waals surface area contributed by atoms with Gasteiger partial charge >= 0.3 is 5.97 Å². The number of rotatable bonds is 6. The van der Waals surface area contributed by atoms with Gasteiger partial charge in [0.2, 0.25) is 0 Å². The Hall–Kier alpha value is -2.54. The molecule has 120 valence electrons. The van der Waals surface area contributed by atoms with Gasteiger partial charge in [0.15, 0.2) is 11.3 Å². The molecule has 0 saturated carbocycles. The minimum Gasteiger partial charge on any atom is -0.497 e. The van der Waals surface area contributed by atoms with E-state index in [1.807, 2.05) is 0 Å². The number of esters is 1. The van der Waals surface area contributed by atoms with E-state index in [2.05, 4.69) is 21.2 Å². The molecule has 2 aromatic rings. The number of nitrogens with one attached hydrogen (secondary N) is 1. The van der Waals surface area contributed by atoms with Gasteiger partial charge in [-0.05, 0) is 58.4 Å². The first kappa shape index (κ1) is 16.8. The minimum atomic E-state index is -0.637. The predicted molar refractivity (Wildman–Crippen MR) is 88.0 cm³/mol. The highest BCUT2D eigenvalue weighted by Gasteiger charge is 2.06. The number of furan rings is 1. The summed E-state index contributed by atoms with van der Waals surface area (Å²) in [7, 11) is 1.56. The van der Waals surface area contributed by atoms with Crippen LogP contribution in [0, 0.1) is 0 Å². The van der Waals surface area contributed by atoms with E-state index in [1.54, 1.807) is 43.5 Å². The maximum absolute atomic E-state index is 11.7. The maximum atomic E-state index is 11.7. The molecule has 2 rings (SSSR count). The fraction of sp³-hybridized carbons (Fsp3) is 0.125. The van der Waals surface area contributed by atoms with Gasteiger partial charge in [-0.25, -0.2) is 4.79 Å². The summed E-state index contributed by atoms with van der Waals surface area (Å²) in [5.74, 6) is 0.112. The summed E-state index contributed by atoms with van der Waals surface area (Å²) in [6.45, 7) is -0.378. The lowest BCUT2D eigenvalue weighted by atomic mass is 10.3. The van der Waals surface area contributed by atoms with Crippen molar-refractivity contribution < 1.29 is 23.5 Å². The van der Waals surface area contributed by atoms with Gasteiger partial charge < -0.3 is 19.2 Å². The molecule has 0 saturated heterocycles. The third-order valence-electron chi connectivity index (χ3n) is 2.70. The van der Waals surface area contributed by atoms with Gasteiger partial charge in [0, 0.05) is 11.8 Å². The Morgan fingerprint density at radius 1 is 1.22 bits per heavy atom. The summed E-state index contributed by atoms with van der Waals surface area (Å²) in [6.07, 6.45) is 2.64. The van der Waals surface area contributed by atoms with Gasteiger partial charge in [-0.15, -0.1) is 0 Å². The molecule has 0 aliphatic rings. The number of carbonyl (C=O) groups is 2. The highest BCUT2D eigenvalue weighted by Crippen LogP contribution is 2.15. The summed E-state index contributed by atoms with van der Waals surface area (Å²) in [5, 5.41) is 2.61. The first-order valence-electron chi connectivity index (χ1n) is 6.61. The van der Waals surface area contributed by atoms with Gasteiger partial charge in [0.05, 0.1) is 7.11 Å². The zero-order valence-corrected chi connectivity index (χ0v) is 13.8. The number of hydrogen-bond acceptors (Lipinski definition) is 5. The zero-order chi connectivity index (χ0) is 16.7. The number of ether oxygens (including phenoxy) is 2. The number of anilines is 1. The van der Waals surface area contributed by atoms with Crippen molar-refractivity contribution in [2.24, 2.45) is 0 Å². The van der Waals surface area contributed by atoms with Crippen molar-refractivity contribution in [2.45, 2.75) is 0 Å². The number of methoxy groups -OCH3 is 1. The smallest absolute Gasteiger partial charge is 0.331 e. The first-order valence-corrected chi connectivity index (χ1v) is 7.40. The molecule has 1 N–H and O–H groups in total. The first-order chi connectivity index (χ1) is 11.1. The second-order valence-electron chi connectivity index (χ2n) is 4.36. The molecular weight excluding hydrogens is 366 g/mol. The number of halogens is 1. The highest BCUT2D eigenvalue weighted by molar-refractivity contribution is 9.10. The molecule has 0 fully saturated rings. The van der Waals surface area contributed by atoms with Crippen LogP contribution >= 0.6 is 15.9 Å². The molecule has 0 aliphatic heterocycles. The summed E-state index contributed by atoms with van der Waals surface area (Å²) >= 11 is 3.15. The van der Waals surface area contributed by atoms with E-state index in [4.69, 9.17) is 13.9 Å². The van der Waals surface area contributed by atoms with E-state index in [0.717, 1.165) is 0 Å². The van der Waals surface area contributed by atoms with Gasteiger partial charge in [-0.2, -0.15) is 0 Å². The quantitative estimate of drug-likeness (QED) is 0.615. The third kappa shape index (κ3) is 5.63. The topological polar surface area (TPSA) is 77.8 Å². The van der Waals surface area contributed by atoms with Crippen LogP contribution in [0.15, 0.2) is 51.6 Å². The number of carbonyl (C=O) groups excluding carboxylic acids is 2. The maximum Gasteiger partial charge on any atom is 0.331 e. The summed E-state index contributed by atoms with van der Waals surface area (Å²) in [4.78, 5) is 23.2. The normalized spacial score (nSPS) is 10.5. The van der Waals surface area contributed by atoms with Crippen molar-refractivity contribution in [3.8, 4) is 5.75 Å². The molecule has 0 bridgehead atoms. The summed E-state index contributed by atoms with van der Waals surface area (Å²) < 4.78 is 15.6. The lowest BCUT2D eigenvalue weighted by Crippen LogP contribution is -2.20. The molecule has 1 aromatic carbocycles. The van der Waals surface area contributed by atoms with Gasteiger partial charge in [0.25, 0.3) is 5.91 Å². The molecule has 1 aromatic heterocycles. The van der Waals surface area contributed by atoms with Crippen LogP contribution in [0.5, 0.6) is 5.75 Å². The van der Waals surface area contributed by atoms with Crippen LogP contribution in [-0.2, 0) is 14.3 Å². The molecule has 7 heteroatoms. The van der Waals surface area contributed by atoms with E-state index in [-0.39, 0.29) is 6.61 Å². The van der Waals surface area contributed by atoms with E-state index in [9.17, 15) is 9.59 Å². The van der Waals surface area contributed by atoms with Crippen molar-refractivity contribution in [3.05, 3.63) is 52.9 Å². The zero-order valence-electron chi connectivity index (χ0n) is 12.2. The molecule has 23 heavy (non-hydrogen) atoms. The molecule has 1 amide bonds. The number of benzene rings is 1. The fourth-order valence-electron chi connectivity index (χ4n) is 1.62. The SMILES string of the molecule is COc1ccc(NC(=O)COC(=O)/C=C/c2ccc(Br)o2)cc1. The lowest BCUT2D eigenvalue weighted by Gasteiger charge is -2.06. The van der Waals surface area contributed by atoms with Crippen molar-refractivity contribution in [1.29, 1.82) is 0 Å². The van der Waals surface area contributed by atoms with E-state index in [1.165, 1.54) is 12.2 Å². The molecule has 0 aliphatic carbocycles. The monoisotopic (exact) mass is 379 g/mol. The van der Waals surface area contributed by atoms with Crippen LogP contribution < -0.4 is 10.1 Å². The van der Waals surface area contributed by atoms with Crippen molar-refractivity contribution in [1.82, 2.24) is 0 Å². The fourth-order valence-corrected chi connectivity index (χ4v) is 1.94. The Bertz CT molecular complexity index is 706. The molecule has 0 radical (unpaired) electrons. The van der Waals surface area contributed by atoms with Crippen LogP contribution in [-0.4, -0.2) is 25.6 Å². The number of hydrogen-bond donors (Lipinski definition) is 1. The Kier molecular flexibility index (Phi) is 5.99. The van der Waals surface area contributed by atoms with Crippen LogP contribution in [0.1, 0.15) is 5.76 Å². The van der Waals surface area contributed by atoms with Crippen molar-refractivity contribution >= 4 is 39.6 Å². The molecule has 0 atom stereocenters. The Balaban J connectivity index is 1.76. The van der Waals surface area contributed by atoms with Crippen LogP contribution in [0.4, 0.5) is 5.69 Å². The standard InChI is InChI=1S/C16H14BrNO5/c1-21-12-4-2-11(3-5-12)18-15(19)10-22-16(20)9-7-13-6-8-14(17)23-13/h2-9H,10H2,1H3,(H,18,19)/b9-7+. The molecule has 6 nitrogen and oxygen atoms in total. The highest BCUT2D eigenvalue weighted by atomic mass is 79.9. The third-order valence-corrected chi connectivity index (χ3v) is 3.12. The Labute approximate surface area is 141 Å². The average molecular weight is 380 g/mol. The van der Waals surface area contributed by atoms with Crippen LogP contribution in [0.2, 0.25) is 0 Å². The van der Waals surface area contributed by atoms with Gasteiger partial charge in [0.1, 0.15) is 11.5 Å². The predicted octanol–water partition coefficient (Wildman–Crippen LogP) is 3.25. The minimum absolute atomic E-state index is 0.378. The molecular formula is C16H14BrNO5. The van der Waals surface area contributed by atoms with E-state index >= 15 is 0 Å². The Morgan fingerprint density at radius 2 is 1.96 bits per heavy atom. The molecule has 0 spiro atoms. The van der Waals surface area contributed by atoms with Crippen LogP contribution in [0.25, 0.3) is 6.08 Å². The summed E-state index contributed by atoms with van der Waals surface area (Å²) in [5.41, 5.74) is 0.586. The second-order valence-corrected chi connectivity index (χ2v) is 5.14. The van der Waals surface area contributed by atoms with E-state index < -0.39 is 11.9 Å². The van der Waals surface area contributed by atoms with E-state index in [0.29, 0.717) is 21.9 Å². The number of amides is 1.